The van der Waals surface area contributed by atoms with Gasteiger partial charge in [-0.1, -0.05) is 0 Å². The molecule has 1 aromatic heterocycles. The van der Waals surface area contributed by atoms with Gasteiger partial charge in [0, 0.05) is 17.7 Å². The van der Waals surface area contributed by atoms with Crippen molar-refractivity contribution in [1.82, 2.24) is 15.1 Å². The second-order valence-electron chi connectivity index (χ2n) is 7.69. The number of carboxylic acids is 1. The molecule has 1 aromatic carbocycles. The Bertz CT molecular complexity index is 903. The van der Waals surface area contributed by atoms with Crippen LogP contribution in [0.1, 0.15) is 53.0 Å². The summed E-state index contributed by atoms with van der Waals surface area (Å²) in [4.78, 5) is 23.4. The Kier molecular flexibility index (Phi) is 4.93. The lowest BCUT2D eigenvalue weighted by atomic mass is 9.95. The summed E-state index contributed by atoms with van der Waals surface area (Å²) in [6.07, 6.45) is 4.03. The van der Waals surface area contributed by atoms with Gasteiger partial charge in [0.15, 0.2) is 0 Å². The molecule has 28 heavy (non-hydrogen) atoms. The smallest absolute Gasteiger partial charge is 0.303 e. The number of benzene rings is 1. The predicted molar refractivity (Wildman–Crippen MR) is 103 cm³/mol. The largest absolute Gasteiger partial charge is 0.481 e. The number of carboxylic acid groups (broad SMARTS) is 1. The molecule has 1 amide bonds. The van der Waals surface area contributed by atoms with Crippen LogP contribution in [0.25, 0.3) is 5.69 Å². The van der Waals surface area contributed by atoms with E-state index in [2.05, 4.69) is 10.4 Å². The molecular formula is C21H25N3O4. The number of nitrogens with one attached hydrogen (secondary N) is 1. The van der Waals surface area contributed by atoms with Crippen LogP contribution in [-0.4, -0.2) is 45.0 Å². The van der Waals surface area contributed by atoms with Gasteiger partial charge in [-0.15, -0.1) is 0 Å². The van der Waals surface area contributed by atoms with Crippen molar-refractivity contribution in [3.63, 3.8) is 0 Å². The maximum Gasteiger partial charge on any atom is 0.303 e. The minimum Gasteiger partial charge on any atom is -0.481 e. The minimum absolute atomic E-state index is 0.0804. The standard InChI is InChI=1S/C21H25N3O4/c1-12-17(8-10-20(25)26)13(2)24(23-12)15-5-3-14(4-6-15)21(27)22-18-11-16-7-9-19(18)28-16/h3-6,16,18-19H,7-11H2,1-2H3,(H,22,27)(H,25,26)/t16-,18-,19+/m1/s1. The highest BCUT2D eigenvalue weighted by atomic mass is 16.5. The summed E-state index contributed by atoms with van der Waals surface area (Å²) in [5, 5.41) is 16.6. The average Bonchev–Trinajstić information content (AvgIpc) is 3.35. The summed E-state index contributed by atoms with van der Waals surface area (Å²) in [6.45, 7) is 3.83. The monoisotopic (exact) mass is 383 g/mol. The van der Waals surface area contributed by atoms with Crippen LogP contribution in [0.2, 0.25) is 0 Å². The first kappa shape index (κ1) is 18.7. The van der Waals surface area contributed by atoms with Crippen molar-refractivity contribution >= 4 is 11.9 Å². The second-order valence-corrected chi connectivity index (χ2v) is 7.69. The van der Waals surface area contributed by atoms with Crippen molar-refractivity contribution in [2.24, 2.45) is 0 Å². The Balaban J connectivity index is 1.46. The van der Waals surface area contributed by atoms with Crippen molar-refractivity contribution in [2.75, 3.05) is 0 Å². The molecule has 2 bridgehead atoms. The normalized spacial score (nSPS) is 23.1. The molecule has 0 spiro atoms. The molecule has 7 nitrogen and oxygen atoms in total. The summed E-state index contributed by atoms with van der Waals surface area (Å²) in [6, 6.07) is 7.44. The molecule has 148 valence electrons. The van der Waals surface area contributed by atoms with Crippen molar-refractivity contribution < 1.29 is 19.4 Å². The van der Waals surface area contributed by atoms with Crippen LogP contribution in [0.15, 0.2) is 24.3 Å². The number of aromatic nitrogens is 2. The number of fused-ring (bicyclic) bond motifs is 2. The van der Waals surface area contributed by atoms with Crippen molar-refractivity contribution in [2.45, 2.75) is 64.2 Å². The molecule has 0 saturated carbocycles. The Morgan fingerprint density at radius 3 is 2.61 bits per heavy atom. The third kappa shape index (κ3) is 3.54. The summed E-state index contributed by atoms with van der Waals surface area (Å²) < 4.78 is 7.60. The van der Waals surface area contributed by atoms with Crippen LogP contribution in [0.3, 0.4) is 0 Å². The Hall–Kier alpha value is -2.67. The molecule has 2 aliphatic rings. The highest BCUT2D eigenvalue weighted by molar-refractivity contribution is 5.94. The number of carbonyl (C=O) groups is 2. The first-order valence-corrected chi connectivity index (χ1v) is 9.76. The number of aliphatic carboxylic acids is 1. The fraction of sp³-hybridized carbons (Fsp3) is 0.476. The third-order valence-corrected chi connectivity index (χ3v) is 5.83. The Labute approximate surface area is 163 Å². The number of nitrogens with zero attached hydrogens (tertiary/aromatic N) is 2. The zero-order valence-electron chi connectivity index (χ0n) is 16.1. The van der Waals surface area contributed by atoms with Crippen LogP contribution in [-0.2, 0) is 16.0 Å². The number of carbonyl (C=O) groups excluding carboxylic acids is 1. The third-order valence-electron chi connectivity index (χ3n) is 5.83. The summed E-state index contributed by atoms with van der Waals surface area (Å²) in [5.41, 5.74) is 4.17. The Morgan fingerprint density at radius 1 is 1.25 bits per heavy atom. The van der Waals surface area contributed by atoms with E-state index in [1.54, 1.807) is 16.8 Å². The second kappa shape index (κ2) is 7.39. The van der Waals surface area contributed by atoms with Gasteiger partial charge in [0.25, 0.3) is 5.91 Å². The highest BCUT2D eigenvalue weighted by Crippen LogP contribution is 2.34. The number of amides is 1. The first-order valence-electron chi connectivity index (χ1n) is 9.76. The van der Waals surface area contributed by atoms with E-state index in [1.165, 1.54) is 0 Å². The lowest BCUT2D eigenvalue weighted by Gasteiger charge is -2.20. The molecule has 3 atom stereocenters. The van der Waals surface area contributed by atoms with Gasteiger partial charge >= 0.3 is 5.97 Å². The van der Waals surface area contributed by atoms with E-state index in [1.807, 2.05) is 26.0 Å². The molecule has 4 rings (SSSR count). The minimum atomic E-state index is -0.817. The van der Waals surface area contributed by atoms with Crippen LogP contribution < -0.4 is 5.32 Å². The van der Waals surface area contributed by atoms with Gasteiger partial charge in [0.2, 0.25) is 0 Å². The van der Waals surface area contributed by atoms with E-state index in [4.69, 9.17) is 9.84 Å². The molecule has 0 aliphatic carbocycles. The van der Waals surface area contributed by atoms with Gasteiger partial charge in [0.1, 0.15) is 0 Å². The van der Waals surface area contributed by atoms with E-state index < -0.39 is 5.97 Å². The summed E-state index contributed by atoms with van der Waals surface area (Å²) in [7, 11) is 0. The zero-order valence-corrected chi connectivity index (χ0v) is 16.1. The van der Waals surface area contributed by atoms with Crippen molar-refractivity contribution in [3.8, 4) is 5.69 Å². The van der Waals surface area contributed by atoms with Gasteiger partial charge in [-0.2, -0.15) is 5.10 Å². The number of ether oxygens (including phenoxy) is 1. The number of hydrogen-bond acceptors (Lipinski definition) is 4. The topological polar surface area (TPSA) is 93.5 Å². The molecule has 2 saturated heterocycles. The van der Waals surface area contributed by atoms with Crippen LogP contribution in [0, 0.1) is 13.8 Å². The van der Waals surface area contributed by atoms with Gasteiger partial charge in [-0.3, -0.25) is 9.59 Å². The maximum atomic E-state index is 12.6. The lowest BCUT2D eigenvalue weighted by molar-refractivity contribution is -0.136. The van der Waals surface area contributed by atoms with Gasteiger partial charge < -0.3 is 15.2 Å². The SMILES string of the molecule is Cc1nn(-c2ccc(C(=O)N[C@@H]3C[C@H]4CC[C@@H]3O4)cc2)c(C)c1CCC(=O)O. The molecule has 0 radical (unpaired) electrons. The molecule has 0 unspecified atom stereocenters. The van der Waals surface area contributed by atoms with Crippen LogP contribution >= 0.6 is 0 Å². The molecule has 2 aliphatic heterocycles. The van der Waals surface area contributed by atoms with E-state index >= 15 is 0 Å². The quantitative estimate of drug-likeness (QED) is 0.800. The van der Waals surface area contributed by atoms with Gasteiger partial charge in [0.05, 0.1) is 29.6 Å². The molecule has 2 aromatic rings. The van der Waals surface area contributed by atoms with Gasteiger partial charge in [-0.05, 0) is 69.4 Å². The van der Waals surface area contributed by atoms with E-state index in [0.717, 1.165) is 41.9 Å². The number of rotatable bonds is 6. The van der Waals surface area contributed by atoms with Crippen LogP contribution in [0.4, 0.5) is 0 Å². The van der Waals surface area contributed by atoms with E-state index in [0.29, 0.717) is 18.1 Å². The van der Waals surface area contributed by atoms with E-state index in [9.17, 15) is 9.59 Å². The predicted octanol–water partition coefficient (Wildman–Crippen LogP) is 2.56. The molecule has 7 heteroatoms. The fourth-order valence-corrected chi connectivity index (χ4v) is 4.32. The zero-order chi connectivity index (χ0) is 19.8. The first-order chi connectivity index (χ1) is 13.4. The summed E-state index contributed by atoms with van der Waals surface area (Å²) >= 11 is 0. The Morgan fingerprint density at radius 2 is 2.00 bits per heavy atom. The summed E-state index contributed by atoms with van der Waals surface area (Å²) in [5.74, 6) is -0.897. The average molecular weight is 383 g/mol. The van der Waals surface area contributed by atoms with Gasteiger partial charge in [-0.25, -0.2) is 4.68 Å². The van der Waals surface area contributed by atoms with Crippen molar-refractivity contribution in [3.05, 3.63) is 46.8 Å². The fourth-order valence-electron chi connectivity index (χ4n) is 4.32. The molecule has 2 N–H and O–H groups in total. The number of hydrogen-bond donors (Lipinski definition) is 2. The molecule has 2 fully saturated rings. The molecule has 3 heterocycles. The van der Waals surface area contributed by atoms with E-state index in [-0.39, 0.29) is 24.5 Å². The highest BCUT2D eigenvalue weighted by Gasteiger charge is 2.41. The van der Waals surface area contributed by atoms with Crippen molar-refractivity contribution in [1.29, 1.82) is 0 Å². The van der Waals surface area contributed by atoms with Crippen LogP contribution in [0.5, 0.6) is 0 Å². The molecular weight excluding hydrogens is 358 g/mol. The number of aryl methyl sites for hydroxylation is 1. The lowest BCUT2D eigenvalue weighted by Crippen LogP contribution is -2.41. The maximum absolute atomic E-state index is 12.6.